The van der Waals surface area contributed by atoms with Gasteiger partial charge in [-0.1, -0.05) is 213 Å². The maximum Gasteiger partial charge on any atom is 0.168 e. The van der Waals surface area contributed by atoms with Crippen molar-refractivity contribution in [2.24, 2.45) is 0 Å². The molecule has 14 aromatic rings. The van der Waals surface area contributed by atoms with Crippen LogP contribution in [0.25, 0.3) is 106 Å². The zero-order valence-electron chi connectivity index (χ0n) is 45.8. The van der Waals surface area contributed by atoms with Gasteiger partial charge in [-0.05, 0) is 121 Å². The summed E-state index contributed by atoms with van der Waals surface area (Å²) in [6.07, 6.45) is 2.25. The third-order valence-corrected chi connectivity index (χ3v) is 16.1. The first kappa shape index (κ1) is 52.3. The van der Waals surface area contributed by atoms with Crippen molar-refractivity contribution >= 4 is 59.5 Å². The quantitative estimate of drug-likeness (QED) is 0.140. The monoisotopic (exact) mass is 1120 g/mol. The van der Waals surface area contributed by atoms with Crippen LogP contribution < -0.4 is 0 Å². The molecule has 81 heavy (non-hydrogen) atoms. The first-order valence-electron chi connectivity index (χ1n) is 27.9. The van der Waals surface area contributed by atoms with Crippen LogP contribution in [0.5, 0.6) is 0 Å². The third kappa shape index (κ3) is 10.6. The Kier molecular flexibility index (Phi) is 15.2. The minimum atomic E-state index is 0.524. The molecular weight excluding hydrogens is 1060 g/mol. The highest BCUT2D eigenvalue weighted by molar-refractivity contribution is 9.10. The molecule has 396 valence electrons. The number of fused-ring (bicyclic) bond motifs is 6. The molecule has 0 saturated heterocycles. The molecule has 0 spiro atoms. The lowest BCUT2D eigenvalue weighted by molar-refractivity contribution is 0.733. The van der Waals surface area contributed by atoms with Gasteiger partial charge in [-0.15, -0.1) is 20.4 Å². The molecule has 4 aromatic heterocycles. The standard InChI is InChI=1S/C36H30N4.C24H22BrN3.C12H9N/c1-3-25(2)26-17-21-30(22-18-26)40-35(27-11-5-4-6-12-27)37-38-36(40)28-19-23-29(24-20-28)39-33-15-9-7-13-31(33)32-14-8-10-16-34(32)39;1-3-17(2)18-11-15-22(16-12-18)28-23(19-7-5-4-6-8-19)26-27-24(28)20-9-13-21(25)14-10-20;1-3-7-11-9(5-1)10-6-2-4-8-12(10)13-11/h4-25H,3H2,1-2H3;4-17H,3H2,1-2H3;1-8,13H. The molecule has 2 atom stereocenters. The lowest BCUT2D eigenvalue weighted by atomic mass is 9.98. The second-order valence-corrected chi connectivity index (χ2v) is 21.5. The maximum atomic E-state index is 4.71. The van der Waals surface area contributed by atoms with Gasteiger partial charge in [0, 0.05) is 76.4 Å². The predicted octanol–water partition coefficient (Wildman–Crippen LogP) is 19.4. The summed E-state index contributed by atoms with van der Waals surface area (Å²) >= 11 is 3.51. The van der Waals surface area contributed by atoms with E-state index in [1.807, 2.05) is 48.5 Å². The smallest absolute Gasteiger partial charge is 0.168 e. The average Bonchev–Trinajstić information content (AvgIpc) is 4.55. The van der Waals surface area contributed by atoms with Crippen molar-refractivity contribution in [3.8, 4) is 62.6 Å². The summed E-state index contributed by atoms with van der Waals surface area (Å²) in [6, 6.07) is 88.9. The number of nitrogens with one attached hydrogen (secondary N) is 1. The van der Waals surface area contributed by atoms with E-state index >= 15 is 0 Å². The van der Waals surface area contributed by atoms with Crippen molar-refractivity contribution in [1.82, 2.24) is 39.1 Å². The summed E-state index contributed by atoms with van der Waals surface area (Å²) < 4.78 is 7.69. The molecule has 0 bridgehead atoms. The fraction of sp³-hybridized carbons (Fsp3) is 0.111. The van der Waals surface area contributed by atoms with Crippen molar-refractivity contribution < 1.29 is 0 Å². The lowest BCUT2D eigenvalue weighted by Gasteiger charge is -2.14. The van der Waals surface area contributed by atoms with Crippen molar-refractivity contribution in [1.29, 1.82) is 0 Å². The number of nitrogens with zero attached hydrogens (tertiary/aromatic N) is 7. The summed E-state index contributed by atoms with van der Waals surface area (Å²) in [6.45, 7) is 8.98. The second kappa shape index (κ2) is 23.5. The molecule has 0 fully saturated rings. The Morgan fingerprint density at radius 1 is 0.333 bits per heavy atom. The van der Waals surface area contributed by atoms with Crippen LogP contribution >= 0.6 is 15.9 Å². The minimum Gasteiger partial charge on any atom is -0.355 e. The Balaban J connectivity index is 0.000000136. The van der Waals surface area contributed by atoms with Gasteiger partial charge in [0.25, 0.3) is 0 Å². The zero-order chi connectivity index (χ0) is 55.2. The molecule has 14 rings (SSSR count). The van der Waals surface area contributed by atoms with Crippen LogP contribution in [0.1, 0.15) is 63.5 Å². The largest absolute Gasteiger partial charge is 0.355 e. The van der Waals surface area contributed by atoms with Gasteiger partial charge in [-0.3, -0.25) is 9.13 Å². The van der Waals surface area contributed by atoms with Crippen LogP contribution in [0, 0.1) is 0 Å². The summed E-state index contributed by atoms with van der Waals surface area (Å²) in [5, 5.41) is 23.6. The molecule has 0 aliphatic heterocycles. The van der Waals surface area contributed by atoms with E-state index in [-0.39, 0.29) is 0 Å². The molecule has 0 aliphatic rings. The first-order valence-corrected chi connectivity index (χ1v) is 28.7. The number of rotatable bonds is 11. The molecule has 4 heterocycles. The SMILES string of the molecule is CCC(C)c1ccc(-n2c(-c3ccccc3)nnc2-c2ccc(-n3c4ccccc4c4ccccc43)cc2)cc1.CCC(C)c1ccc(-n2c(-c3ccccc3)nnc2-c2ccc(Br)cc2)cc1.c1ccc2c(c1)[nH]c1ccccc12. The molecule has 10 aromatic carbocycles. The van der Waals surface area contributed by atoms with Crippen LogP contribution in [0.2, 0.25) is 0 Å². The molecule has 0 saturated carbocycles. The van der Waals surface area contributed by atoms with Crippen molar-refractivity contribution in [2.45, 2.75) is 52.4 Å². The van der Waals surface area contributed by atoms with E-state index in [4.69, 9.17) is 5.10 Å². The third-order valence-electron chi connectivity index (χ3n) is 15.5. The Morgan fingerprint density at radius 3 is 1.04 bits per heavy atom. The lowest BCUT2D eigenvalue weighted by Crippen LogP contribution is -2.01. The summed E-state index contributed by atoms with van der Waals surface area (Å²) in [7, 11) is 0. The molecule has 8 nitrogen and oxygen atoms in total. The molecule has 2 unspecified atom stereocenters. The highest BCUT2D eigenvalue weighted by Crippen LogP contribution is 2.36. The molecule has 0 aliphatic carbocycles. The fourth-order valence-corrected chi connectivity index (χ4v) is 11.0. The Morgan fingerprint density at radius 2 is 0.642 bits per heavy atom. The van der Waals surface area contributed by atoms with E-state index in [1.165, 1.54) is 54.7 Å². The van der Waals surface area contributed by atoms with E-state index < -0.39 is 0 Å². The second-order valence-electron chi connectivity index (χ2n) is 20.5. The highest BCUT2D eigenvalue weighted by Gasteiger charge is 2.20. The molecule has 1 N–H and O–H groups in total. The predicted molar refractivity (Wildman–Crippen MR) is 340 cm³/mol. The molecule has 0 amide bonds. The minimum absolute atomic E-state index is 0.524. The first-order chi connectivity index (χ1) is 39.8. The number of H-pyrrole nitrogens is 1. The molecule has 9 heteroatoms. The highest BCUT2D eigenvalue weighted by atomic mass is 79.9. The molecule has 0 radical (unpaired) electrons. The van der Waals surface area contributed by atoms with E-state index in [1.54, 1.807) is 0 Å². The summed E-state index contributed by atoms with van der Waals surface area (Å²) in [4.78, 5) is 3.38. The number of hydrogen-bond donors (Lipinski definition) is 1. The summed E-state index contributed by atoms with van der Waals surface area (Å²) in [5.41, 5.74) is 14.9. The van der Waals surface area contributed by atoms with Crippen LogP contribution in [-0.4, -0.2) is 39.1 Å². The van der Waals surface area contributed by atoms with Crippen molar-refractivity contribution in [3.63, 3.8) is 0 Å². The summed E-state index contributed by atoms with van der Waals surface area (Å²) in [5.74, 6) is 4.41. The van der Waals surface area contributed by atoms with E-state index in [9.17, 15) is 0 Å². The number of hydrogen-bond acceptors (Lipinski definition) is 4. The van der Waals surface area contributed by atoms with Gasteiger partial charge in [-0.25, -0.2) is 0 Å². The van der Waals surface area contributed by atoms with Gasteiger partial charge >= 0.3 is 0 Å². The number of para-hydroxylation sites is 4. The number of halogens is 1. The van der Waals surface area contributed by atoms with Gasteiger partial charge in [0.2, 0.25) is 0 Å². The Bertz CT molecular complexity index is 4280. The van der Waals surface area contributed by atoms with E-state index in [0.717, 1.165) is 79.9 Å². The zero-order valence-corrected chi connectivity index (χ0v) is 47.4. The van der Waals surface area contributed by atoms with E-state index in [0.29, 0.717) is 11.8 Å². The van der Waals surface area contributed by atoms with Gasteiger partial charge in [0.15, 0.2) is 23.3 Å². The van der Waals surface area contributed by atoms with Gasteiger partial charge in [0.05, 0.1) is 11.0 Å². The van der Waals surface area contributed by atoms with E-state index in [2.05, 4.69) is 284 Å². The fourth-order valence-electron chi connectivity index (χ4n) is 10.7. The van der Waals surface area contributed by atoms with Crippen LogP contribution in [0.4, 0.5) is 0 Å². The van der Waals surface area contributed by atoms with Crippen LogP contribution in [0.3, 0.4) is 0 Å². The van der Waals surface area contributed by atoms with Gasteiger partial charge in [0.1, 0.15) is 0 Å². The van der Waals surface area contributed by atoms with Gasteiger partial charge < -0.3 is 9.55 Å². The normalized spacial score (nSPS) is 12.0. The topological polar surface area (TPSA) is 82.1 Å². The Hall–Kier alpha value is -9.44. The number of aromatic nitrogens is 8. The van der Waals surface area contributed by atoms with Crippen molar-refractivity contribution in [2.75, 3.05) is 0 Å². The average molecular weight is 1120 g/mol. The van der Waals surface area contributed by atoms with Crippen molar-refractivity contribution in [3.05, 3.63) is 270 Å². The van der Waals surface area contributed by atoms with Gasteiger partial charge in [-0.2, -0.15) is 0 Å². The molecular formula is C72H61BrN8. The maximum absolute atomic E-state index is 4.71. The number of benzene rings is 10. The number of aromatic amines is 1. The Labute approximate surface area is 481 Å². The van der Waals surface area contributed by atoms with Crippen LogP contribution in [-0.2, 0) is 0 Å². The van der Waals surface area contributed by atoms with Crippen LogP contribution in [0.15, 0.2) is 259 Å².